The van der Waals surface area contributed by atoms with E-state index in [4.69, 9.17) is 0 Å². The van der Waals surface area contributed by atoms with E-state index in [-0.39, 0.29) is 11.6 Å². The number of nitro groups is 1. The highest BCUT2D eigenvalue weighted by Gasteiger charge is 2.32. The third kappa shape index (κ3) is 2.90. The molecule has 1 aliphatic heterocycles. The third-order valence-electron chi connectivity index (χ3n) is 3.34. The van der Waals surface area contributed by atoms with Gasteiger partial charge < -0.3 is 15.5 Å². The molecule has 1 aliphatic rings. The second kappa shape index (κ2) is 5.84. The number of urea groups is 1. The molecule has 0 aromatic heterocycles. The SMILES string of the molecule is CC1=C(C(=O)N(C)C)C(c2ccc([N+](=O)[O-])cc2)NC(=O)N1. The average molecular weight is 304 g/mol. The molecule has 0 radical (unpaired) electrons. The summed E-state index contributed by atoms with van der Waals surface area (Å²) in [5.74, 6) is -0.242. The van der Waals surface area contributed by atoms with Crippen LogP contribution >= 0.6 is 0 Å². The fraction of sp³-hybridized carbons (Fsp3) is 0.286. The summed E-state index contributed by atoms with van der Waals surface area (Å²) in [6, 6.07) is 4.68. The van der Waals surface area contributed by atoms with Gasteiger partial charge in [-0.25, -0.2) is 4.79 Å². The van der Waals surface area contributed by atoms with Crippen molar-refractivity contribution < 1.29 is 14.5 Å². The second-order valence-electron chi connectivity index (χ2n) is 5.12. The number of allylic oxidation sites excluding steroid dienone is 1. The minimum absolute atomic E-state index is 0.0507. The summed E-state index contributed by atoms with van der Waals surface area (Å²) in [6.07, 6.45) is 0. The number of non-ortho nitro benzene ring substituents is 1. The maximum absolute atomic E-state index is 12.3. The number of likely N-dealkylation sites (N-methyl/N-ethyl adjacent to an activating group) is 1. The average Bonchev–Trinajstić information content (AvgIpc) is 2.45. The van der Waals surface area contributed by atoms with Crippen LogP contribution in [-0.4, -0.2) is 35.9 Å². The van der Waals surface area contributed by atoms with E-state index in [2.05, 4.69) is 10.6 Å². The van der Waals surface area contributed by atoms with Crippen LogP contribution in [0.1, 0.15) is 18.5 Å². The van der Waals surface area contributed by atoms with E-state index in [9.17, 15) is 19.7 Å². The molecule has 0 saturated carbocycles. The van der Waals surface area contributed by atoms with Crippen molar-refractivity contribution in [3.63, 3.8) is 0 Å². The molecule has 22 heavy (non-hydrogen) atoms. The lowest BCUT2D eigenvalue weighted by atomic mass is 9.94. The summed E-state index contributed by atoms with van der Waals surface area (Å²) in [4.78, 5) is 35.6. The Hall–Kier alpha value is -2.90. The van der Waals surface area contributed by atoms with Gasteiger partial charge in [0.05, 0.1) is 16.5 Å². The predicted octanol–water partition coefficient (Wildman–Crippen LogP) is 1.31. The molecule has 1 atom stereocenters. The molecule has 8 nitrogen and oxygen atoms in total. The Balaban J connectivity index is 2.45. The van der Waals surface area contributed by atoms with E-state index in [1.165, 1.54) is 29.2 Å². The van der Waals surface area contributed by atoms with Crippen molar-refractivity contribution in [1.29, 1.82) is 0 Å². The lowest BCUT2D eigenvalue weighted by molar-refractivity contribution is -0.384. The van der Waals surface area contributed by atoms with Gasteiger partial charge >= 0.3 is 6.03 Å². The zero-order valence-corrected chi connectivity index (χ0v) is 12.4. The highest BCUT2D eigenvalue weighted by Crippen LogP contribution is 2.28. The maximum Gasteiger partial charge on any atom is 0.319 e. The first-order valence-corrected chi connectivity index (χ1v) is 6.55. The fourth-order valence-corrected chi connectivity index (χ4v) is 2.26. The summed E-state index contributed by atoms with van der Waals surface area (Å²) in [7, 11) is 3.23. The summed E-state index contributed by atoms with van der Waals surface area (Å²) in [5.41, 5.74) is 1.42. The van der Waals surface area contributed by atoms with Crippen LogP contribution in [0.5, 0.6) is 0 Å². The van der Waals surface area contributed by atoms with Gasteiger partial charge in [-0.1, -0.05) is 0 Å². The maximum atomic E-state index is 12.3. The van der Waals surface area contributed by atoms with Gasteiger partial charge in [-0.15, -0.1) is 0 Å². The summed E-state index contributed by atoms with van der Waals surface area (Å²) >= 11 is 0. The van der Waals surface area contributed by atoms with Gasteiger partial charge in [-0.05, 0) is 24.6 Å². The normalized spacial score (nSPS) is 17.6. The topological polar surface area (TPSA) is 105 Å². The first-order chi connectivity index (χ1) is 10.3. The number of nitrogens with zero attached hydrogens (tertiary/aromatic N) is 2. The largest absolute Gasteiger partial charge is 0.345 e. The van der Waals surface area contributed by atoms with Crippen LogP contribution < -0.4 is 10.6 Å². The molecule has 116 valence electrons. The number of carbonyl (C=O) groups is 2. The Morgan fingerprint density at radius 2 is 1.86 bits per heavy atom. The molecule has 0 fully saturated rings. The zero-order chi connectivity index (χ0) is 16.4. The van der Waals surface area contributed by atoms with Crippen LogP contribution in [0.4, 0.5) is 10.5 Å². The Kier molecular flexibility index (Phi) is 4.11. The van der Waals surface area contributed by atoms with Crippen LogP contribution in [0.2, 0.25) is 0 Å². The van der Waals surface area contributed by atoms with Gasteiger partial charge in [0.25, 0.3) is 11.6 Å². The Bertz CT molecular complexity index is 664. The number of amides is 3. The minimum Gasteiger partial charge on any atom is -0.345 e. The van der Waals surface area contributed by atoms with Crippen molar-refractivity contribution >= 4 is 17.6 Å². The Labute approximate surface area is 126 Å². The standard InChI is InChI=1S/C14H16N4O4/c1-8-11(13(19)17(2)3)12(16-14(20)15-8)9-4-6-10(7-5-9)18(21)22/h4-7,12H,1-3H3,(H2,15,16,20). The predicted molar refractivity (Wildman–Crippen MR) is 78.9 cm³/mol. The Morgan fingerprint density at radius 3 is 2.36 bits per heavy atom. The van der Waals surface area contributed by atoms with Crippen molar-refractivity contribution in [3.8, 4) is 0 Å². The molecule has 2 N–H and O–H groups in total. The van der Waals surface area contributed by atoms with Crippen molar-refractivity contribution in [3.05, 3.63) is 51.2 Å². The molecule has 3 amide bonds. The molecular formula is C14H16N4O4. The van der Waals surface area contributed by atoms with Crippen molar-refractivity contribution in [2.24, 2.45) is 0 Å². The summed E-state index contributed by atoms with van der Waals surface area (Å²) < 4.78 is 0. The molecule has 0 aliphatic carbocycles. The molecule has 0 spiro atoms. The van der Waals surface area contributed by atoms with E-state index in [0.717, 1.165) is 0 Å². The van der Waals surface area contributed by atoms with Gasteiger partial charge in [0.2, 0.25) is 0 Å². The summed E-state index contributed by atoms with van der Waals surface area (Å²) in [5, 5.41) is 16.0. The molecule has 0 saturated heterocycles. The van der Waals surface area contributed by atoms with E-state index in [0.29, 0.717) is 16.8 Å². The molecule has 1 heterocycles. The number of benzene rings is 1. The molecular weight excluding hydrogens is 288 g/mol. The zero-order valence-electron chi connectivity index (χ0n) is 12.4. The Morgan fingerprint density at radius 1 is 1.27 bits per heavy atom. The van der Waals surface area contributed by atoms with E-state index < -0.39 is 17.0 Å². The first-order valence-electron chi connectivity index (χ1n) is 6.55. The van der Waals surface area contributed by atoms with E-state index in [1.807, 2.05) is 0 Å². The molecule has 2 rings (SSSR count). The highest BCUT2D eigenvalue weighted by atomic mass is 16.6. The van der Waals surface area contributed by atoms with Gasteiger partial charge in [0.15, 0.2) is 0 Å². The number of hydrogen-bond donors (Lipinski definition) is 2. The number of nitro benzene ring substituents is 1. The molecule has 8 heteroatoms. The summed E-state index contributed by atoms with van der Waals surface area (Å²) in [6.45, 7) is 1.65. The van der Waals surface area contributed by atoms with E-state index in [1.54, 1.807) is 21.0 Å². The van der Waals surface area contributed by atoms with Gasteiger partial charge in [0.1, 0.15) is 0 Å². The van der Waals surface area contributed by atoms with Crippen LogP contribution in [0.25, 0.3) is 0 Å². The monoisotopic (exact) mass is 304 g/mol. The fourth-order valence-electron chi connectivity index (χ4n) is 2.26. The van der Waals surface area contributed by atoms with Crippen LogP contribution in [0, 0.1) is 10.1 Å². The second-order valence-corrected chi connectivity index (χ2v) is 5.12. The van der Waals surface area contributed by atoms with Crippen LogP contribution in [0.3, 0.4) is 0 Å². The molecule has 0 bridgehead atoms. The van der Waals surface area contributed by atoms with Gasteiger partial charge in [0, 0.05) is 31.9 Å². The van der Waals surface area contributed by atoms with Crippen LogP contribution in [0.15, 0.2) is 35.5 Å². The minimum atomic E-state index is -0.649. The smallest absolute Gasteiger partial charge is 0.319 e. The van der Waals surface area contributed by atoms with Crippen molar-refractivity contribution in [2.75, 3.05) is 14.1 Å². The van der Waals surface area contributed by atoms with Gasteiger partial charge in [-0.3, -0.25) is 14.9 Å². The quantitative estimate of drug-likeness (QED) is 0.649. The van der Waals surface area contributed by atoms with E-state index >= 15 is 0 Å². The van der Waals surface area contributed by atoms with Gasteiger partial charge in [-0.2, -0.15) is 0 Å². The first kappa shape index (κ1) is 15.5. The lowest BCUT2D eigenvalue weighted by Gasteiger charge is -2.30. The highest BCUT2D eigenvalue weighted by molar-refractivity contribution is 5.98. The molecule has 1 aromatic rings. The van der Waals surface area contributed by atoms with Crippen LogP contribution in [-0.2, 0) is 4.79 Å². The number of rotatable bonds is 3. The third-order valence-corrected chi connectivity index (χ3v) is 3.34. The number of nitrogens with one attached hydrogen (secondary N) is 2. The molecule has 1 unspecified atom stereocenters. The molecule has 1 aromatic carbocycles. The number of hydrogen-bond acceptors (Lipinski definition) is 4. The van der Waals surface area contributed by atoms with Crippen molar-refractivity contribution in [1.82, 2.24) is 15.5 Å². The van der Waals surface area contributed by atoms with Crippen molar-refractivity contribution in [2.45, 2.75) is 13.0 Å². The number of carbonyl (C=O) groups excluding carboxylic acids is 2. The lowest BCUT2D eigenvalue weighted by Crippen LogP contribution is -2.46.